The average molecular weight is 541 g/mol. The number of hydrogen-bond acceptors (Lipinski definition) is 3. The van der Waals surface area contributed by atoms with Crippen LogP contribution in [0.25, 0.3) is 0 Å². The molecule has 0 amide bonds. The number of fused-ring (bicyclic) bond motifs is 5. The molecule has 5 rings (SSSR count). The summed E-state index contributed by atoms with van der Waals surface area (Å²) in [6.07, 6.45) is 15.8. The first kappa shape index (κ1) is 28.4. The lowest BCUT2D eigenvalue weighted by atomic mass is 9.47. The molecular weight excluding hydrogens is 488 g/mol. The lowest BCUT2D eigenvalue weighted by Crippen LogP contribution is -2.51. The fourth-order valence-corrected chi connectivity index (χ4v) is 10.8. The van der Waals surface area contributed by atoms with Gasteiger partial charge in [-0.15, -0.1) is 0 Å². The summed E-state index contributed by atoms with van der Waals surface area (Å²) < 4.78 is 31.8. The van der Waals surface area contributed by atoms with Crippen LogP contribution in [0.3, 0.4) is 0 Å². The highest BCUT2D eigenvalue weighted by Crippen LogP contribution is 2.67. The van der Waals surface area contributed by atoms with Gasteiger partial charge in [0, 0.05) is 0 Å². The van der Waals surface area contributed by atoms with E-state index in [1.165, 1.54) is 56.9 Å². The van der Waals surface area contributed by atoms with Gasteiger partial charge in [0.25, 0.3) is 10.1 Å². The molecule has 5 unspecified atom stereocenters. The van der Waals surface area contributed by atoms with Crippen LogP contribution in [-0.2, 0) is 14.3 Å². The molecule has 0 aliphatic heterocycles. The van der Waals surface area contributed by atoms with E-state index in [9.17, 15) is 8.42 Å². The lowest BCUT2D eigenvalue weighted by Gasteiger charge is -2.58. The van der Waals surface area contributed by atoms with E-state index >= 15 is 0 Å². The molecule has 3 saturated carbocycles. The van der Waals surface area contributed by atoms with Crippen molar-refractivity contribution >= 4 is 10.1 Å². The van der Waals surface area contributed by atoms with Gasteiger partial charge in [0.05, 0.1) is 11.0 Å². The topological polar surface area (TPSA) is 43.4 Å². The molecule has 3 fully saturated rings. The maximum Gasteiger partial charge on any atom is 0.297 e. The van der Waals surface area contributed by atoms with Crippen LogP contribution >= 0.6 is 0 Å². The number of hydrogen-bond donors (Lipinski definition) is 0. The lowest BCUT2D eigenvalue weighted by molar-refractivity contribution is -0.0556. The molecule has 4 heteroatoms. The Morgan fingerprint density at radius 1 is 0.947 bits per heavy atom. The number of rotatable bonds is 8. The van der Waals surface area contributed by atoms with Gasteiger partial charge in [-0.05, 0) is 117 Å². The van der Waals surface area contributed by atoms with Crippen LogP contribution in [0.5, 0.6) is 0 Å². The van der Waals surface area contributed by atoms with Gasteiger partial charge in [-0.3, -0.25) is 4.18 Å². The van der Waals surface area contributed by atoms with Gasteiger partial charge in [0.2, 0.25) is 0 Å². The maximum absolute atomic E-state index is 13.0. The second-order valence-corrected chi connectivity index (χ2v) is 16.1. The molecule has 0 saturated heterocycles. The van der Waals surface area contributed by atoms with E-state index in [2.05, 4.69) is 40.7 Å². The van der Waals surface area contributed by atoms with Crippen molar-refractivity contribution in [1.82, 2.24) is 0 Å². The molecule has 4 aliphatic carbocycles. The zero-order chi connectivity index (χ0) is 27.3. The Morgan fingerprint density at radius 2 is 1.68 bits per heavy atom. The molecule has 0 bridgehead atoms. The molecule has 0 radical (unpaired) electrons. The molecule has 0 heterocycles. The predicted molar refractivity (Wildman–Crippen MR) is 156 cm³/mol. The summed E-state index contributed by atoms with van der Waals surface area (Å²) >= 11 is 0. The van der Waals surface area contributed by atoms with Crippen LogP contribution in [0.2, 0.25) is 0 Å². The fraction of sp³-hybridized carbons (Fsp3) is 0.765. The first-order chi connectivity index (χ1) is 17.9. The molecule has 4 aliphatic rings. The highest BCUT2D eigenvalue weighted by atomic mass is 32.2. The summed E-state index contributed by atoms with van der Waals surface area (Å²) in [4.78, 5) is 0.273. The fourth-order valence-electron chi connectivity index (χ4n) is 9.67. The third-order valence-corrected chi connectivity index (χ3v) is 13.2. The zero-order valence-electron chi connectivity index (χ0n) is 24.8. The Kier molecular flexibility index (Phi) is 7.99. The third kappa shape index (κ3) is 5.18. The average Bonchev–Trinajstić information content (AvgIpc) is 3.21. The molecular formula is C34H52O3S. The molecule has 3 nitrogen and oxygen atoms in total. The van der Waals surface area contributed by atoms with E-state index in [1.54, 1.807) is 12.1 Å². The highest BCUT2D eigenvalue weighted by Gasteiger charge is 2.59. The Balaban J connectivity index is 1.27. The number of benzene rings is 1. The van der Waals surface area contributed by atoms with Crippen LogP contribution in [0.1, 0.15) is 111 Å². The van der Waals surface area contributed by atoms with Crippen molar-refractivity contribution in [2.75, 3.05) is 0 Å². The van der Waals surface area contributed by atoms with Crippen molar-refractivity contribution in [1.29, 1.82) is 0 Å². The summed E-state index contributed by atoms with van der Waals surface area (Å²) in [5.41, 5.74) is 3.24. The Hall–Kier alpha value is -1.13. The van der Waals surface area contributed by atoms with E-state index < -0.39 is 10.1 Å². The largest absolute Gasteiger partial charge is 0.297 e. The first-order valence-corrected chi connectivity index (χ1v) is 17.0. The van der Waals surface area contributed by atoms with Crippen LogP contribution in [-0.4, -0.2) is 14.5 Å². The molecule has 1 aromatic rings. The summed E-state index contributed by atoms with van der Waals surface area (Å²) in [6.45, 7) is 14.4. The van der Waals surface area contributed by atoms with Crippen LogP contribution in [0.15, 0.2) is 40.8 Å². The minimum Gasteiger partial charge on any atom is -0.263 e. The van der Waals surface area contributed by atoms with Gasteiger partial charge in [0.1, 0.15) is 0 Å². The minimum absolute atomic E-state index is 0.207. The van der Waals surface area contributed by atoms with Crippen molar-refractivity contribution in [3.05, 3.63) is 41.5 Å². The summed E-state index contributed by atoms with van der Waals surface area (Å²) in [6, 6.07) is 7.02. The van der Waals surface area contributed by atoms with Crippen molar-refractivity contribution in [3.63, 3.8) is 0 Å². The smallest absolute Gasteiger partial charge is 0.263 e. The number of allylic oxidation sites excluding steroid dienone is 1. The minimum atomic E-state index is -3.73. The molecule has 1 aromatic carbocycles. The van der Waals surface area contributed by atoms with E-state index in [4.69, 9.17) is 4.18 Å². The highest BCUT2D eigenvalue weighted by molar-refractivity contribution is 7.86. The summed E-state index contributed by atoms with van der Waals surface area (Å²) in [5.74, 6) is 4.93. The van der Waals surface area contributed by atoms with Crippen molar-refractivity contribution in [3.8, 4) is 0 Å². The monoisotopic (exact) mass is 540 g/mol. The molecule has 8 atom stereocenters. The second kappa shape index (κ2) is 10.7. The van der Waals surface area contributed by atoms with Gasteiger partial charge in [-0.2, -0.15) is 8.42 Å². The normalized spacial score (nSPS) is 37.8. The summed E-state index contributed by atoms with van der Waals surface area (Å²) in [7, 11) is -3.73. The quantitative estimate of drug-likeness (QED) is 0.244. The van der Waals surface area contributed by atoms with Gasteiger partial charge < -0.3 is 0 Å². The van der Waals surface area contributed by atoms with Crippen LogP contribution < -0.4 is 0 Å². The van der Waals surface area contributed by atoms with Gasteiger partial charge in [0.15, 0.2) is 0 Å². The van der Waals surface area contributed by atoms with Crippen LogP contribution in [0, 0.1) is 53.3 Å². The van der Waals surface area contributed by atoms with E-state index in [0.29, 0.717) is 5.41 Å². The Bertz CT molecular complexity index is 1120. The molecule has 38 heavy (non-hydrogen) atoms. The van der Waals surface area contributed by atoms with Gasteiger partial charge in [-0.25, -0.2) is 0 Å². The van der Waals surface area contributed by atoms with Crippen molar-refractivity contribution in [2.24, 2.45) is 46.3 Å². The molecule has 212 valence electrons. The van der Waals surface area contributed by atoms with Crippen molar-refractivity contribution in [2.45, 2.75) is 123 Å². The first-order valence-electron chi connectivity index (χ1n) is 15.6. The molecule has 0 spiro atoms. The zero-order valence-corrected chi connectivity index (χ0v) is 25.7. The summed E-state index contributed by atoms with van der Waals surface area (Å²) in [5, 5.41) is 0. The Morgan fingerprint density at radius 3 is 2.39 bits per heavy atom. The third-order valence-electron chi connectivity index (χ3n) is 11.8. The van der Waals surface area contributed by atoms with Crippen LogP contribution in [0.4, 0.5) is 0 Å². The number of aryl methyl sites for hydroxylation is 1. The van der Waals surface area contributed by atoms with Gasteiger partial charge >= 0.3 is 0 Å². The van der Waals surface area contributed by atoms with E-state index in [0.717, 1.165) is 60.3 Å². The maximum atomic E-state index is 13.0. The SMILES string of the molecule is Cc1ccc(S(=O)(=O)O[C@H]2CC[C@@]3(C)C(=CCC4C5CCC(C(C)CCCC(C)C)[C@@]5(C)CCC43)C2)cc1. The predicted octanol–water partition coefficient (Wildman–Crippen LogP) is 9.11. The molecule has 0 N–H and O–H groups in total. The standard InChI is InChI=1S/C34H52O3S/c1-23(2)8-7-9-25(4)30-16-17-31-29-15-12-26-22-27(37-38(35,36)28-13-10-24(3)11-14-28)18-20-33(26,5)32(29)19-21-34(30,31)6/h10-14,23,25,27,29-32H,7-9,15-22H2,1-6H3/t25?,27-,29?,30?,31?,32?,33-,34+/m0/s1. The van der Waals surface area contributed by atoms with Crippen molar-refractivity contribution < 1.29 is 12.6 Å². The Labute approximate surface area is 233 Å². The molecule has 0 aromatic heterocycles. The van der Waals surface area contributed by atoms with Gasteiger partial charge in [-0.1, -0.05) is 83.2 Å². The van der Waals surface area contributed by atoms with E-state index in [1.807, 2.05) is 19.1 Å². The second-order valence-electron chi connectivity index (χ2n) is 14.5. The van der Waals surface area contributed by atoms with E-state index in [-0.39, 0.29) is 16.4 Å².